The second-order valence-corrected chi connectivity index (χ2v) is 6.32. The van der Waals surface area contributed by atoms with E-state index in [9.17, 15) is 9.59 Å². The average molecular weight is 339 g/mol. The Morgan fingerprint density at radius 3 is 2.32 bits per heavy atom. The topological polar surface area (TPSA) is 62.3 Å². The van der Waals surface area contributed by atoms with Crippen LogP contribution in [0.3, 0.4) is 0 Å². The lowest BCUT2D eigenvalue weighted by molar-refractivity contribution is -0.143. The largest absolute Gasteiger partial charge is 0.349 e. The van der Waals surface area contributed by atoms with Crippen molar-refractivity contribution in [3.05, 3.63) is 66.0 Å². The van der Waals surface area contributed by atoms with Crippen molar-refractivity contribution in [2.75, 3.05) is 0 Å². The van der Waals surface area contributed by atoms with Crippen molar-refractivity contribution in [2.24, 2.45) is 5.92 Å². The molecule has 1 aromatic heterocycles. The van der Waals surface area contributed by atoms with Crippen LogP contribution in [-0.2, 0) is 22.7 Å². The summed E-state index contributed by atoms with van der Waals surface area (Å²) in [6, 6.07) is 14.7. The molecule has 0 fully saturated rings. The molecule has 1 aromatic carbocycles. The van der Waals surface area contributed by atoms with Crippen LogP contribution in [0.15, 0.2) is 54.7 Å². The molecule has 0 saturated carbocycles. The molecule has 0 saturated heterocycles. The van der Waals surface area contributed by atoms with E-state index in [0.717, 1.165) is 11.3 Å². The third kappa shape index (κ3) is 5.41. The number of benzene rings is 1. The highest BCUT2D eigenvalue weighted by Crippen LogP contribution is 2.13. The Labute approximate surface area is 149 Å². The van der Waals surface area contributed by atoms with Gasteiger partial charge in [0.25, 0.3) is 0 Å². The van der Waals surface area contributed by atoms with Crippen LogP contribution in [0.2, 0.25) is 0 Å². The molecule has 1 atom stereocenters. The number of amides is 2. The molecule has 25 heavy (non-hydrogen) atoms. The van der Waals surface area contributed by atoms with Crippen molar-refractivity contribution >= 4 is 11.8 Å². The SMILES string of the molecule is CC(C)C(=O)N(Cc1ccccc1)C(C)C(=O)NCc1ccccn1. The van der Waals surface area contributed by atoms with E-state index >= 15 is 0 Å². The van der Waals surface area contributed by atoms with Gasteiger partial charge < -0.3 is 10.2 Å². The Hall–Kier alpha value is -2.69. The summed E-state index contributed by atoms with van der Waals surface area (Å²) in [7, 11) is 0. The van der Waals surface area contributed by atoms with Crippen LogP contribution in [-0.4, -0.2) is 27.7 Å². The summed E-state index contributed by atoms with van der Waals surface area (Å²) >= 11 is 0. The third-order valence-electron chi connectivity index (χ3n) is 3.99. The number of nitrogens with zero attached hydrogens (tertiary/aromatic N) is 2. The Balaban J connectivity index is 2.06. The Bertz CT molecular complexity index is 687. The molecule has 0 aliphatic carbocycles. The predicted octanol–water partition coefficient (Wildman–Crippen LogP) is 2.77. The zero-order valence-corrected chi connectivity index (χ0v) is 15.0. The minimum absolute atomic E-state index is 0.0376. The highest BCUT2D eigenvalue weighted by molar-refractivity contribution is 5.88. The van der Waals surface area contributed by atoms with Crippen molar-refractivity contribution in [2.45, 2.75) is 39.9 Å². The fraction of sp³-hybridized carbons (Fsp3) is 0.350. The average Bonchev–Trinajstić information content (AvgIpc) is 2.64. The van der Waals surface area contributed by atoms with Crippen molar-refractivity contribution in [1.29, 1.82) is 0 Å². The summed E-state index contributed by atoms with van der Waals surface area (Å²) in [6.07, 6.45) is 1.69. The second kappa shape index (κ2) is 8.97. The van der Waals surface area contributed by atoms with Gasteiger partial charge in [-0.15, -0.1) is 0 Å². The summed E-state index contributed by atoms with van der Waals surface area (Å²) < 4.78 is 0. The van der Waals surface area contributed by atoms with Crippen LogP contribution in [0.25, 0.3) is 0 Å². The molecule has 0 bridgehead atoms. The van der Waals surface area contributed by atoms with E-state index in [-0.39, 0.29) is 17.7 Å². The molecular formula is C20H25N3O2. The van der Waals surface area contributed by atoms with E-state index in [1.807, 2.05) is 62.4 Å². The zero-order valence-electron chi connectivity index (χ0n) is 15.0. The first-order valence-corrected chi connectivity index (χ1v) is 8.51. The fourth-order valence-electron chi connectivity index (χ4n) is 2.49. The molecule has 5 nitrogen and oxygen atoms in total. The molecule has 2 amide bonds. The summed E-state index contributed by atoms with van der Waals surface area (Å²) in [5.74, 6) is -0.394. The van der Waals surface area contributed by atoms with Crippen LogP contribution >= 0.6 is 0 Å². The lowest BCUT2D eigenvalue weighted by Gasteiger charge is -2.30. The molecule has 2 rings (SSSR count). The van der Waals surface area contributed by atoms with Crippen molar-refractivity contribution in [1.82, 2.24) is 15.2 Å². The first kappa shape index (κ1) is 18.6. The summed E-state index contributed by atoms with van der Waals surface area (Å²) in [4.78, 5) is 31.0. The van der Waals surface area contributed by atoms with Gasteiger partial charge in [0, 0.05) is 18.7 Å². The van der Waals surface area contributed by atoms with Crippen LogP contribution in [0.4, 0.5) is 0 Å². The lowest BCUT2D eigenvalue weighted by Crippen LogP contribution is -2.48. The molecule has 5 heteroatoms. The van der Waals surface area contributed by atoms with Crippen LogP contribution in [0, 0.1) is 5.92 Å². The zero-order chi connectivity index (χ0) is 18.2. The molecule has 0 radical (unpaired) electrons. The quantitative estimate of drug-likeness (QED) is 0.844. The van der Waals surface area contributed by atoms with Gasteiger partial charge in [-0.1, -0.05) is 50.2 Å². The number of nitrogens with one attached hydrogen (secondary N) is 1. The molecule has 1 heterocycles. The van der Waals surface area contributed by atoms with E-state index < -0.39 is 6.04 Å². The first-order chi connectivity index (χ1) is 12.0. The number of hydrogen-bond acceptors (Lipinski definition) is 3. The molecule has 1 unspecified atom stereocenters. The fourth-order valence-corrected chi connectivity index (χ4v) is 2.49. The number of aromatic nitrogens is 1. The predicted molar refractivity (Wildman–Crippen MR) is 97.4 cm³/mol. The van der Waals surface area contributed by atoms with Gasteiger partial charge in [-0.3, -0.25) is 14.6 Å². The van der Waals surface area contributed by atoms with Gasteiger partial charge in [0.05, 0.1) is 12.2 Å². The van der Waals surface area contributed by atoms with E-state index in [2.05, 4.69) is 10.3 Å². The van der Waals surface area contributed by atoms with Gasteiger partial charge in [0.15, 0.2) is 0 Å². The lowest BCUT2D eigenvalue weighted by atomic mass is 10.1. The van der Waals surface area contributed by atoms with E-state index in [4.69, 9.17) is 0 Å². The number of carbonyl (C=O) groups is 2. The second-order valence-electron chi connectivity index (χ2n) is 6.32. The normalized spacial score (nSPS) is 11.8. The maximum absolute atomic E-state index is 12.6. The van der Waals surface area contributed by atoms with Gasteiger partial charge in [-0.2, -0.15) is 0 Å². The molecule has 132 valence electrons. The molecule has 0 aliphatic heterocycles. The molecule has 0 aliphatic rings. The minimum Gasteiger partial charge on any atom is -0.349 e. The van der Waals surface area contributed by atoms with Crippen molar-refractivity contribution in [3.8, 4) is 0 Å². The summed E-state index contributed by atoms with van der Waals surface area (Å²) in [5.41, 5.74) is 1.79. The maximum atomic E-state index is 12.6. The molecule has 1 N–H and O–H groups in total. The Morgan fingerprint density at radius 1 is 1.04 bits per heavy atom. The van der Waals surface area contributed by atoms with Gasteiger partial charge in [-0.05, 0) is 24.6 Å². The van der Waals surface area contributed by atoms with Crippen LogP contribution in [0.5, 0.6) is 0 Å². The summed E-state index contributed by atoms with van der Waals surface area (Å²) in [6.45, 7) is 6.21. The molecule has 2 aromatic rings. The van der Waals surface area contributed by atoms with Gasteiger partial charge in [0.1, 0.15) is 6.04 Å². The van der Waals surface area contributed by atoms with E-state index in [1.165, 1.54) is 0 Å². The maximum Gasteiger partial charge on any atom is 0.242 e. The van der Waals surface area contributed by atoms with Crippen molar-refractivity contribution < 1.29 is 9.59 Å². The number of carbonyl (C=O) groups excluding carboxylic acids is 2. The van der Waals surface area contributed by atoms with Gasteiger partial charge in [-0.25, -0.2) is 0 Å². The monoisotopic (exact) mass is 339 g/mol. The Morgan fingerprint density at radius 2 is 1.72 bits per heavy atom. The standard InChI is InChI=1S/C20H25N3O2/c1-15(2)20(25)23(14-17-9-5-4-6-10-17)16(3)19(24)22-13-18-11-7-8-12-21-18/h4-12,15-16H,13-14H2,1-3H3,(H,22,24). The highest BCUT2D eigenvalue weighted by atomic mass is 16.2. The summed E-state index contributed by atoms with van der Waals surface area (Å²) in [5, 5.41) is 2.86. The van der Waals surface area contributed by atoms with Gasteiger partial charge >= 0.3 is 0 Å². The number of rotatable bonds is 7. The third-order valence-corrected chi connectivity index (χ3v) is 3.99. The smallest absolute Gasteiger partial charge is 0.242 e. The van der Waals surface area contributed by atoms with Crippen LogP contribution < -0.4 is 5.32 Å². The van der Waals surface area contributed by atoms with E-state index in [0.29, 0.717) is 13.1 Å². The number of hydrogen-bond donors (Lipinski definition) is 1. The van der Waals surface area contributed by atoms with Crippen LogP contribution in [0.1, 0.15) is 32.0 Å². The number of pyridine rings is 1. The molecular weight excluding hydrogens is 314 g/mol. The molecule has 0 spiro atoms. The van der Waals surface area contributed by atoms with Gasteiger partial charge in [0.2, 0.25) is 11.8 Å². The highest BCUT2D eigenvalue weighted by Gasteiger charge is 2.27. The minimum atomic E-state index is -0.557. The first-order valence-electron chi connectivity index (χ1n) is 8.51. The van der Waals surface area contributed by atoms with Crippen molar-refractivity contribution in [3.63, 3.8) is 0 Å². The Kier molecular flexibility index (Phi) is 6.69. The van der Waals surface area contributed by atoms with E-state index in [1.54, 1.807) is 18.0 Å².